The molecule has 2 N–H and O–H groups in total. The van der Waals surface area contributed by atoms with Gasteiger partial charge in [-0.15, -0.1) is 0 Å². The molecule has 140 valence electrons. The normalized spacial score (nSPS) is 12.3. The molecule has 5 heteroatoms. The van der Waals surface area contributed by atoms with Crippen LogP contribution in [-0.2, 0) is 10.2 Å². The highest BCUT2D eigenvalue weighted by Gasteiger charge is 2.14. The van der Waals surface area contributed by atoms with Crippen molar-refractivity contribution in [1.29, 1.82) is 0 Å². The summed E-state index contributed by atoms with van der Waals surface area (Å²) in [5.74, 6) is 0.605. The molecular formula is C21H28N2O3. The SMILES string of the molecule is CN(CC(O)COc1cccc(NC=O)c1)c1ccc(C(C)(C)C)cc1. The molecule has 5 nitrogen and oxygen atoms in total. The molecule has 0 radical (unpaired) electrons. The third kappa shape index (κ3) is 5.77. The van der Waals surface area contributed by atoms with Gasteiger partial charge in [0.1, 0.15) is 18.5 Å². The lowest BCUT2D eigenvalue weighted by atomic mass is 9.87. The molecule has 0 aliphatic rings. The molecule has 0 aliphatic carbocycles. The van der Waals surface area contributed by atoms with E-state index in [2.05, 4.69) is 50.4 Å². The second kappa shape index (κ2) is 8.72. The van der Waals surface area contributed by atoms with E-state index < -0.39 is 6.10 Å². The van der Waals surface area contributed by atoms with Gasteiger partial charge in [-0.3, -0.25) is 4.79 Å². The van der Waals surface area contributed by atoms with Gasteiger partial charge in [-0.2, -0.15) is 0 Å². The Labute approximate surface area is 155 Å². The van der Waals surface area contributed by atoms with Gasteiger partial charge in [-0.1, -0.05) is 39.0 Å². The molecule has 0 saturated heterocycles. The van der Waals surface area contributed by atoms with Crippen molar-refractivity contribution in [2.45, 2.75) is 32.3 Å². The summed E-state index contributed by atoms with van der Waals surface area (Å²) in [6, 6.07) is 15.5. The monoisotopic (exact) mass is 356 g/mol. The predicted octanol–water partition coefficient (Wildman–Crippen LogP) is 3.43. The first kappa shape index (κ1) is 19.8. The molecule has 26 heavy (non-hydrogen) atoms. The topological polar surface area (TPSA) is 61.8 Å². The highest BCUT2D eigenvalue weighted by atomic mass is 16.5. The fourth-order valence-electron chi connectivity index (χ4n) is 2.63. The lowest BCUT2D eigenvalue weighted by Gasteiger charge is -2.25. The summed E-state index contributed by atoms with van der Waals surface area (Å²) in [6.45, 7) is 7.20. The average molecular weight is 356 g/mol. The van der Waals surface area contributed by atoms with Crippen molar-refractivity contribution in [1.82, 2.24) is 0 Å². The summed E-state index contributed by atoms with van der Waals surface area (Å²) < 4.78 is 5.62. The van der Waals surface area contributed by atoms with Crippen LogP contribution >= 0.6 is 0 Å². The minimum absolute atomic E-state index is 0.123. The Hall–Kier alpha value is -2.53. The van der Waals surface area contributed by atoms with Gasteiger partial charge in [0.15, 0.2) is 0 Å². The van der Waals surface area contributed by atoms with Crippen molar-refractivity contribution in [3.8, 4) is 5.75 Å². The van der Waals surface area contributed by atoms with Crippen LogP contribution in [0, 0.1) is 0 Å². The Morgan fingerprint density at radius 3 is 2.50 bits per heavy atom. The Kier molecular flexibility index (Phi) is 6.64. The number of benzene rings is 2. The minimum atomic E-state index is -0.634. The molecule has 0 bridgehead atoms. The molecule has 0 fully saturated rings. The van der Waals surface area contributed by atoms with E-state index in [1.807, 2.05) is 11.9 Å². The molecule has 0 spiro atoms. The summed E-state index contributed by atoms with van der Waals surface area (Å²) in [7, 11) is 1.95. The molecule has 1 amide bonds. The van der Waals surface area contributed by atoms with Crippen molar-refractivity contribution >= 4 is 17.8 Å². The van der Waals surface area contributed by atoms with E-state index >= 15 is 0 Å². The molecule has 2 aromatic carbocycles. The predicted molar refractivity (Wildman–Crippen MR) is 106 cm³/mol. The van der Waals surface area contributed by atoms with Gasteiger partial charge in [0.25, 0.3) is 0 Å². The first-order chi connectivity index (χ1) is 12.3. The standard InChI is InChI=1S/C21H28N2O3/c1-21(2,3)16-8-10-18(11-9-16)23(4)13-19(25)14-26-20-7-5-6-17(12-20)22-15-24/h5-12,15,19,25H,13-14H2,1-4H3,(H,22,24). The second-order valence-electron chi connectivity index (χ2n) is 7.43. The first-order valence-corrected chi connectivity index (χ1v) is 8.72. The van der Waals surface area contributed by atoms with Gasteiger partial charge in [-0.05, 0) is 35.2 Å². The molecule has 0 saturated carbocycles. The van der Waals surface area contributed by atoms with Crippen molar-refractivity contribution in [2.24, 2.45) is 0 Å². The van der Waals surface area contributed by atoms with Gasteiger partial charge in [0.05, 0.1) is 0 Å². The van der Waals surface area contributed by atoms with E-state index in [1.54, 1.807) is 24.3 Å². The zero-order valence-electron chi connectivity index (χ0n) is 15.9. The Balaban J connectivity index is 1.87. The Bertz CT molecular complexity index is 708. The first-order valence-electron chi connectivity index (χ1n) is 8.72. The third-order valence-corrected chi connectivity index (χ3v) is 4.16. The number of likely N-dealkylation sites (N-methyl/N-ethyl adjacent to an activating group) is 1. The number of hydrogen-bond donors (Lipinski definition) is 2. The number of carbonyl (C=O) groups excluding carboxylic acids is 1. The van der Waals surface area contributed by atoms with Crippen LogP contribution in [0.4, 0.5) is 11.4 Å². The van der Waals surface area contributed by atoms with Crippen LogP contribution in [0.2, 0.25) is 0 Å². The smallest absolute Gasteiger partial charge is 0.211 e. The maximum Gasteiger partial charge on any atom is 0.211 e. The van der Waals surface area contributed by atoms with Crippen molar-refractivity contribution in [3.63, 3.8) is 0 Å². The molecule has 2 aromatic rings. The van der Waals surface area contributed by atoms with Gasteiger partial charge >= 0.3 is 0 Å². The number of anilines is 2. The zero-order chi connectivity index (χ0) is 19.2. The lowest BCUT2D eigenvalue weighted by Crippen LogP contribution is -2.33. The van der Waals surface area contributed by atoms with E-state index in [1.165, 1.54) is 5.56 Å². The van der Waals surface area contributed by atoms with E-state index in [0.717, 1.165) is 5.69 Å². The Morgan fingerprint density at radius 1 is 1.19 bits per heavy atom. The number of rotatable bonds is 8. The van der Waals surface area contributed by atoms with Crippen molar-refractivity contribution in [3.05, 3.63) is 54.1 Å². The number of ether oxygens (including phenoxy) is 1. The Morgan fingerprint density at radius 2 is 1.88 bits per heavy atom. The maximum atomic E-state index is 10.5. The van der Waals surface area contributed by atoms with E-state index in [-0.39, 0.29) is 12.0 Å². The van der Waals surface area contributed by atoms with Crippen LogP contribution in [0.5, 0.6) is 5.75 Å². The van der Waals surface area contributed by atoms with Crippen LogP contribution in [0.1, 0.15) is 26.3 Å². The van der Waals surface area contributed by atoms with Crippen molar-refractivity contribution in [2.75, 3.05) is 30.4 Å². The van der Waals surface area contributed by atoms with Crippen LogP contribution in [0.15, 0.2) is 48.5 Å². The van der Waals surface area contributed by atoms with Gasteiger partial charge in [0, 0.05) is 31.0 Å². The summed E-state index contributed by atoms with van der Waals surface area (Å²) >= 11 is 0. The van der Waals surface area contributed by atoms with Gasteiger partial charge in [-0.25, -0.2) is 0 Å². The van der Waals surface area contributed by atoms with Crippen molar-refractivity contribution < 1.29 is 14.6 Å². The van der Waals surface area contributed by atoms with Crippen LogP contribution in [0.25, 0.3) is 0 Å². The molecule has 0 aliphatic heterocycles. The number of amides is 1. The minimum Gasteiger partial charge on any atom is -0.491 e. The molecule has 1 unspecified atom stereocenters. The summed E-state index contributed by atoms with van der Waals surface area (Å²) in [6.07, 6.45) is -0.0154. The van der Waals surface area contributed by atoms with Gasteiger partial charge in [0.2, 0.25) is 6.41 Å². The quantitative estimate of drug-likeness (QED) is 0.712. The second-order valence-corrected chi connectivity index (χ2v) is 7.43. The number of aliphatic hydroxyl groups excluding tert-OH is 1. The third-order valence-electron chi connectivity index (χ3n) is 4.16. The summed E-state index contributed by atoms with van der Waals surface area (Å²) in [5, 5.41) is 12.8. The number of aliphatic hydroxyl groups is 1. The van der Waals surface area contributed by atoms with Crippen LogP contribution in [0.3, 0.4) is 0 Å². The summed E-state index contributed by atoms with van der Waals surface area (Å²) in [5.41, 5.74) is 3.11. The number of nitrogens with one attached hydrogen (secondary N) is 1. The highest BCUT2D eigenvalue weighted by molar-refractivity contribution is 5.71. The molecule has 0 heterocycles. The number of carbonyl (C=O) groups is 1. The summed E-state index contributed by atoms with van der Waals surface area (Å²) in [4.78, 5) is 12.5. The lowest BCUT2D eigenvalue weighted by molar-refractivity contribution is -0.105. The number of nitrogens with zero attached hydrogens (tertiary/aromatic N) is 1. The average Bonchev–Trinajstić information content (AvgIpc) is 2.60. The molecule has 2 rings (SSSR count). The number of hydrogen-bond acceptors (Lipinski definition) is 4. The molecule has 0 aromatic heterocycles. The van der Waals surface area contributed by atoms with Crippen LogP contribution < -0.4 is 15.0 Å². The van der Waals surface area contributed by atoms with Crippen LogP contribution in [-0.4, -0.2) is 37.8 Å². The van der Waals surface area contributed by atoms with E-state index in [0.29, 0.717) is 24.4 Å². The van der Waals surface area contributed by atoms with E-state index in [4.69, 9.17) is 4.74 Å². The molecular weight excluding hydrogens is 328 g/mol. The van der Waals surface area contributed by atoms with Gasteiger partial charge < -0.3 is 20.1 Å². The fraction of sp³-hybridized carbons (Fsp3) is 0.381. The zero-order valence-corrected chi connectivity index (χ0v) is 15.9. The highest BCUT2D eigenvalue weighted by Crippen LogP contribution is 2.24. The fourth-order valence-corrected chi connectivity index (χ4v) is 2.63. The van der Waals surface area contributed by atoms with E-state index in [9.17, 15) is 9.90 Å². The maximum absolute atomic E-state index is 10.5. The largest absolute Gasteiger partial charge is 0.491 e. The molecule has 1 atom stereocenters.